The predicted octanol–water partition coefficient (Wildman–Crippen LogP) is 6.33. The summed E-state index contributed by atoms with van der Waals surface area (Å²) in [5.74, 6) is 0. The van der Waals surface area contributed by atoms with Crippen molar-refractivity contribution in [2.24, 2.45) is 0 Å². The van der Waals surface area contributed by atoms with Gasteiger partial charge < -0.3 is 0 Å². The molecule has 0 bridgehead atoms. The van der Waals surface area contributed by atoms with Crippen LogP contribution in [-0.4, -0.2) is 11.1 Å². The van der Waals surface area contributed by atoms with E-state index in [2.05, 4.69) is 126 Å². The molecule has 1 heterocycles. The van der Waals surface area contributed by atoms with Gasteiger partial charge in [-0.1, -0.05) is 146 Å². The molecule has 0 aliphatic rings. The molecule has 0 amide bonds. The van der Waals surface area contributed by atoms with Crippen molar-refractivity contribution >= 4 is 50.2 Å². The Bertz CT molecular complexity index is 1520. The zero-order valence-electron chi connectivity index (χ0n) is 21.6. The van der Waals surface area contributed by atoms with E-state index in [-0.39, 0.29) is 0 Å². The summed E-state index contributed by atoms with van der Waals surface area (Å²) in [6.45, 7) is 0. The molecule has 186 valence electrons. The van der Waals surface area contributed by atoms with E-state index < -0.39 is 6.15 Å². The molecule has 0 saturated carbocycles. The van der Waals surface area contributed by atoms with Crippen molar-refractivity contribution < 1.29 is 4.42 Å². The third-order valence-corrected chi connectivity index (χ3v) is 7.39. The lowest BCUT2D eigenvalue weighted by atomic mass is 9.13. The molecule has 0 spiro atoms. The van der Waals surface area contributed by atoms with Gasteiger partial charge in [0.25, 0.3) is 0 Å². The quantitative estimate of drug-likeness (QED) is 0.160. The number of hydrogen-bond acceptors (Lipinski definition) is 1. The molecule has 7 aromatic rings. The summed E-state index contributed by atoms with van der Waals surface area (Å²) in [5.41, 5.74) is 8.80. The first kappa shape index (κ1) is 24.3. The molecule has 0 atom stereocenters. The third kappa shape index (κ3) is 4.83. The van der Waals surface area contributed by atoms with Gasteiger partial charge in [-0.3, -0.25) is 0 Å². The molecule has 0 saturated heterocycles. The van der Waals surface area contributed by atoms with Crippen LogP contribution in [0.25, 0.3) is 22.2 Å². The van der Waals surface area contributed by atoms with Crippen LogP contribution in [0.5, 0.6) is 0 Å². The minimum Gasteiger partial charge on any atom is -0.229 e. The van der Waals surface area contributed by atoms with Crippen LogP contribution in [0.2, 0.25) is 0 Å². The standard InChI is InChI=1S/C24H20B.C12H8NO/c1-5-13-21(14-6-1)25(22-15-7-2-8-16-22,23-17-9-3-10-18-23)24-19-11-4-12-20-24;1-3-7-11-9(5-1)13-10-6-2-4-8-12(10)14-11/h1-20H;1-8H/q-1;+1. The van der Waals surface area contributed by atoms with E-state index in [1.54, 1.807) is 0 Å². The van der Waals surface area contributed by atoms with E-state index in [0.717, 1.165) is 22.2 Å². The molecule has 0 aliphatic carbocycles. The number of rotatable bonds is 4. The highest BCUT2D eigenvalue weighted by Crippen LogP contribution is 2.18. The lowest BCUT2D eigenvalue weighted by Crippen LogP contribution is -2.74. The van der Waals surface area contributed by atoms with E-state index in [1.807, 2.05) is 48.5 Å². The van der Waals surface area contributed by atoms with Crippen molar-refractivity contribution in [1.82, 2.24) is 4.98 Å². The Morgan fingerprint density at radius 2 is 0.615 bits per heavy atom. The number of para-hydroxylation sites is 4. The largest absolute Gasteiger partial charge is 0.379 e. The lowest BCUT2D eigenvalue weighted by molar-refractivity contribution is 0.657. The van der Waals surface area contributed by atoms with Gasteiger partial charge in [-0.05, 0) is 12.1 Å². The van der Waals surface area contributed by atoms with E-state index >= 15 is 0 Å². The summed E-state index contributed by atoms with van der Waals surface area (Å²) >= 11 is 0. The van der Waals surface area contributed by atoms with Crippen LogP contribution in [0.15, 0.2) is 174 Å². The number of hydrogen-bond donors (Lipinski definition) is 0. The van der Waals surface area contributed by atoms with Gasteiger partial charge in [-0.2, -0.15) is 21.9 Å². The molecule has 0 unspecified atom stereocenters. The van der Waals surface area contributed by atoms with Crippen LogP contribution in [-0.2, 0) is 0 Å². The van der Waals surface area contributed by atoms with Gasteiger partial charge in [0.05, 0.1) is 0 Å². The normalized spacial score (nSPS) is 11.1. The first-order chi connectivity index (χ1) is 19.4. The van der Waals surface area contributed by atoms with Gasteiger partial charge in [-0.15, -0.1) is 0 Å². The maximum Gasteiger partial charge on any atom is 0.379 e. The summed E-state index contributed by atoms with van der Waals surface area (Å²) in [6, 6.07) is 59.1. The molecule has 0 N–H and O–H groups in total. The Morgan fingerprint density at radius 3 is 0.949 bits per heavy atom. The number of nitrogens with zero attached hydrogens (tertiary/aromatic N) is 1. The maximum atomic E-state index is 5.68. The van der Waals surface area contributed by atoms with Crippen molar-refractivity contribution in [2.45, 2.75) is 0 Å². The van der Waals surface area contributed by atoms with Crippen LogP contribution in [0.1, 0.15) is 0 Å². The van der Waals surface area contributed by atoms with E-state index in [9.17, 15) is 0 Å². The Balaban J connectivity index is 0.000000166. The van der Waals surface area contributed by atoms with Crippen molar-refractivity contribution in [3.8, 4) is 0 Å². The van der Waals surface area contributed by atoms with Gasteiger partial charge in [0.15, 0.2) is 11.0 Å². The smallest absolute Gasteiger partial charge is 0.229 e. The summed E-state index contributed by atoms with van der Waals surface area (Å²) in [6.07, 6.45) is -1.22. The Morgan fingerprint density at radius 1 is 0.333 bits per heavy atom. The van der Waals surface area contributed by atoms with Crippen LogP contribution in [0, 0.1) is 0 Å². The Kier molecular flexibility index (Phi) is 6.96. The van der Waals surface area contributed by atoms with Crippen LogP contribution < -0.4 is 21.9 Å². The molecular formula is C36H28BNO. The third-order valence-electron chi connectivity index (χ3n) is 7.39. The zero-order chi connectivity index (χ0) is 26.3. The maximum absolute atomic E-state index is 5.68. The summed E-state index contributed by atoms with van der Waals surface area (Å²) in [5, 5.41) is 0. The molecule has 7 rings (SSSR count). The average Bonchev–Trinajstić information content (AvgIpc) is 3.03. The van der Waals surface area contributed by atoms with Gasteiger partial charge in [-0.25, -0.2) is 9.40 Å². The lowest BCUT2D eigenvalue weighted by Gasteiger charge is -2.44. The fourth-order valence-corrected chi connectivity index (χ4v) is 5.64. The Hall–Kier alpha value is -5.02. The van der Waals surface area contributed by atoms with Crippen molar-refractivity contribution in [3.05, 3.63) is 170 Å². The molecular weight excluding hydrogens is 473 g/mol. The van der Waals surface area contributed by atoms with Gasteiger partial charge >= 0.3 is 11.2 Å². The van der Waals surface area contributed by atoms with Gasteiger partial charge in [0.2, 0.25) is 0 Å². The molecule has 3 heteroatoms. The molecule has 0 radical (unpaired) electrons. The van der Waals surface area contributed by atoms with Crippen molar-refractivity contribution in [1.29, 1.82) is 0 Å². The monoisotopic (exact) mass is 501 g/mol. The van der Waals surface area contributed by atoms with E-state index in [4.69, 9.17) is 4.42 Å². The van der Waals surface area contributed by atoms with Crippen molar-refractivity contribution in [2.75, 3.05) is 0 Å². The van der Waals surface area contributed by atoms with E-state index in [1.165, 1.54) is 21.9 Å². The SMILES string of the molecule is c1ccc([B-](c2ccccc2)(c2ccccc2)c2ccccc2)cc1.c1ccc2[o+]c3ccccc3nc2c1. The highest BCUT2D eigenvalue weighted by Gasteiger charge is 2.31. The second-order valence-electron chi connectivity index (χ2n) is 9.66. The number of aromatic nitrogens is 1. The summed E-state index contributed by atoms with van der Waals surface area (Å²) in [7, 11) is 0. The molecule has 0 fully saturated rings. The van der Waals surface area contributed by atoms with Crippen LogP contribution in [0.3, 0.4) is 0 Å². The first-order valence-corrected chi connectivity index (χ1v) is 13.3. The van der Waals surface area contributed by atoms with Gasteiger partial charge in [0.1, 0.15) is 6.15 Å². The summed E-state index contributed by atoms with van der Waals surface area (Å²) in [4.78, 5) is 4.48. The fourth-order valence-electron chi connectivity index (χ4n) is 5.64. The number of fused-ring (bicyclic) bond motifs is 2. The minimum atomic E-state index is -1.22. The average molecular weight is 501 g/mol. The molecule has 0 aliphatic heterocycles. The van der Waals surface area contributed by atoms with Crippen molar-refractivity contribution in [3.63, 3.8) is 0 Å². The second kappa shape index (κ2) is 11.2. The van der Waals surface area contributed by atoms with Crippen LogP contribution in [0.4, 0.5) is 0 Å². The predicted molar refractivity (Wildman–Crippen MR) is 166 cm³/mol. The van der Waals surface area contributed by atoms with E-state index in [0.29, 0.717) is 0 Å². The number of benzene rings is 6. The Labute approximate surface area is 229 Å². The molecule has 39 heavy (non-hydrogen) atoms. The molecule has 6 aromatic carbocycles. The minimum absolute atomic E-state index is 0.825. The fraction of sp³-hybridized carbons (Fsp3) is 0. The molecule has 1 aromatic heterocycles. The van der Waals surface area contributed by atoms with Gasteiger partial charge in [0, 0.05) is 12.1 Å². The highest BCUT2D eigenvalue weighted by molar-refractivity contribution is 7.19. The summed E-state index contributed by atoms with van der Waals surface area (Å²) < 4.78 is 5.68. The topological polar surface area (TPSA) is 24.2 Å². The molecule has 2 nitrogen and oxygen atoms in total. The highest BCUT2D eigenvalue weighted by atomic mass is 16.3. The first-order valence-electron chi connectivity index (χ1n) is 13.3. The zero-order valence-corrected chi connectivity index (χ0v) is 21.6. The second-order valence-corrected chi connectivity index (χ2v) is 9.66. The van der Waals surface area contributed by atoms with Crippen LogP contribution >= 0.6 is 0 Å².